The third kappa shape index (κ3) is 5.03. The molecule has 1 atom stereocenters. The third-order valence-corrected chi connectivity index (χ3v) is 6.09. The monoisotopic (exact) mass is 408 g/mol. The molecule has 3 rings (SSSR count). The van der Waals surface area contributed by atoms with Gasteiger partial charge >= 0.3 is 0 Å². The zero-order chi connectivity index (χ0) is 20.9. The van der Waals surface area contributed by atoms with Crippen LogP contribution in [0.1, 0.15) is 41.4 Å². The van der Waals surface area contributed by atoms with Gasteiger partial charge in [-0.25, -0.2) is 8.42 Å². The standard InChI is InChI=1S/C23H24N2O3S/c1-3-18-13-15-19(16-14-18)17(2)24-23(26)21-11-7-8-12-22(21)25-29(27,28)20-9-5-4-6-10-20/h4-17,25H,3H2,1-2H3,(H,24,26)/t17-/m0/s1. The predicted molar refractivity (Wildman–Crippen MR) is 115 cm³/mol. The van der Waals surface area contributed by atoms with Crippen LogP contribution < -0.4 is 10.0 Å². The molecule has 0 bridgehead atoms. The van der Waals surface area contributed by atoms with Crippen LogP contribution in [0.15, 0.2) is 83.8 Å². The lowest BCUT2D eigenvalue weighted by Crippen LogP contribution is -2.28. The predicted octanol–water partition coefficient (Wildman–Crippen LogP) is 4.54. The van der Waals surface area contributed by atoms with Gasteiger partial charge in [-0.2, -0.15) is 0 Å². The van der Waals surface area contributed by atoms with E-state index in [0.29, 0.717) is 0 Å². The second kappa shape index (κ2) is 8.92. The quantitative estimate of drug-likeness (QED) is 0.603. The molecule has 0 fully saturated rings. The minimum absolute atomic E-state index is 0.139. The first-order chi connectivity index (χ1) is 13.9. The topological polar surface area (TPSA) is 75.3 Å². The van der Waals surface area contributed by atoms with Crippen molar-refractivity contribution in [1.29, 1.82) is 0 Å². The van der Waals surface area contributed by atoms with E-state index in [1.165, 1.54) is 17.7 Å². The average Bonchev–Trinajstić information content (AvgIpc) is 2.74. The molecular formula is C23H24N2O3S. The molecule has 3 aromatic carbocycles. The smallest absolute Gasteiger partial charge is 0.261 e. The number of sulfonamides is 1. The number of rotatable bonds is 7. The molecule has 1 amide bonds. The minimum atomic E-state index is -3.79. The van der Waals surface area contributed by atoms with Crippen LogP contribution in [0.5, 0.6) is 0 Å². The van der Waals surface area contributed by atoms with Crippen molar-refractivity contribution >= 4 is 21.6 Å². The number of benzene rings is 3. The first kappa shape index (κ1) is 20.6. The number of carbonyl (C=O) groups excluding carboxylic acids is 1. The SMILES string of the molecule is CCc1ccc([C@H](C)NC(=O)c2ccccc2NS(=O)(=O)c2ccccc2)cc1. The molecule has 0 aliphatic rings. The van der Waals surface area contributed by atoms with Crippen molar-refractivity contribution in [3.05, 3.63) is 95.6 Å². The highest BCUT2D eigenvalue weighted by Crippen LogP contribution is 2.21. The number of aryl methyl sites for hydroxylation is 1. The highest BCUT2D eigenvalue weighted by Gasteiger charge is 2.19. The zero-order valence-electron chi connectivity index (χ0n) is 16.4. The molecule has 0 saturated carbocycles. The summed E-state index contributed by atoms with van der Waals surface area (Å²) in [6.45, 7) is 3.99. The minimum Gasteiger partial charge on any atom is -0.345 e. The maximum absolute atomic E-state index is 12.8. The summed E-state index contributed by atoms with van der Waals surface area (Å²) < 4.78 is 27.8. The number of amides is 1. The Bertz CT molecular complexity index is 1080. The lowest BCUT2D eigenvalue weighted by molar-refractivity contribution is 0.0941. The van der Waals surface area contributed by atoms with Gasteiger partial charge in [-0.15, -0.1) is 0 Å². The van der Waals surface area contributed by atoms with Gasteiger partial charge in [0.25, 0.3) is 15.9 Å². The van der Waals surface area contributed by atoms with Crippen molar-refractivity contribution in [3.63, 3.8) is 0 Å². The average molecular weight is 409 g/mol. The lowest BCUT2D eigenvalue weighted by atomic mass is 10.0. The van der Waals surface area contributed by atoms with Crippen LogP contribution in [-0.2, 0) is 16.4 Å². The van der Waals surface area contributed by atoms with Gasteiger partial charge in [0.15, 0.2) is 0 Å². The Morgan fingerprint density at radius 2 is 1.52 bits per heavy atom. The van der Waals surface area contributed by atoms with Gasteiger partial charge in [-0.1, -0.05) is 61.5 Å². The van der Waals surface area contributed by atoms with Crippen LogP contribution in [0.25, 0.3) is 0 Å². The van der Waals surface area contributed by atoms with Crippen molar-refractivity contribution < 1.29 is 13.2 Å². The Labute approximate surface area is 171 Å². The van der Waals surface area contributed by atoms with Gasteiger partial charge in [-0.05, 0) is 48.7 Å². The van der Waals surface area contributed by atoms with Crippen molar-refractivity contribution in [2.75, 3.05) is 4.72 Å². The highest BCUT2D eigenvalue weighted by atomic mass is 32.2. The third-order valence-electron chi connectivity index (χ3n) is 4.71. The summed E-state index contributed by atoms with van der Waals surface area (Å²) in [7, 11) is -3.79. The van der Waals surface area contributed by atoms with E-state index >= 15 is 0 Å². The molecule has 0 aromatic heterocycles. The van der Waals surface area contributed by atoms with Gasteiger partial charge in [0, 0.05) is 0 Å². The molecule has 0 radical (unpaired) electrons. The van der Waals surface area contributed by atoms with Crippen molar-refractivity contribution in [1.82, 2.24) is 5.32 Å². The summed E-state index contributed by atoms with van der Waals surface area (Å²) in [5, 5.41) is 2.94. The fraction of sp³-hybridized carbons (Fsp3) is 0.174. The fourth-order valence-electron chi connectivity index (χ4n) is 2.97. The van der Waals surface area contributed by atoms with Crippen LogP contribution in [-0.4, -0.2) is 14.3 Å². The molecular weight excluding hydrogens is 384 g/mol. The Hall–Kier alpha value is -3.12. The highest BCUT2D eigenvalue weighted by molar-refractivity contribution is 7.92. The second-order valence-electron chi connectivity index (χ2n) is 6.75. The summed E-state index contributed by atoms with van der Waals surface area (Å²) in [5.41, 5.74) is 2.72. The van der Waals surface area contributed by atoms with Crippen molar-refractivity contribution in [2.45, 2.75) is 31.2 Å². The van der Waals surface area contributed by atoms with Crippen molar-refractivity contribution in [3.8, 4) is 0 Å². The van der Waals surface area contributed by atoms with E-state index in [0.717, 1.165) is 12.0 Å². The summed E-state index contributed by atoms with van der Waals surface area (Å²) in [5.74, 6) is -0.344. The van der Waals surface area contributed by atoms with Gasteiger partial charge in [0.2, 0.25) is 0 Å². The van der Waals surface area contributed by atoms with E-state index in [4.69, 9.17) is 0 Å². The molecule has 150 valence electrons. The van der Waals surface area contributed by atoms with Crippen LogP contribution in [0.4, 0.5) is 5.69 Å². The Balaban J connectivity index is 1.79. The second-order valence-corrected chi connectivity index (χ2v) is 8.44. The summed E-state index contributed by atoms with van der Waals surface area (Å²) >= 11 is 0. The lowest BCUT2D eigenvalue weighted by Gasteiger charge is -2.17. The molecule has 3 aromatic rings. The summed E-state index contributed by atoms with van der Waals surface area (Å²) in [4.78, 5) is 13.0. The molecule has 0 spiro atoms. The molecule has 0 heterocycles. The Morgan fingerprint density at radius 1 is 0.897 bits per heavy atom. The van der Waals surface area contributed by atoms with Gasteiger partial charge in [0.05, 0.1) is 22.2 Å². The van der Waals surface area contributed by atoms with Gasteiger partial charge < -0.3 is 5.32 Å². The maximum Gasteiger partial charge on any atom is 0.261 e. The van der Waals surface area contributed by atoms with E-state index in [9.17, 15) is 13.2 Å². The molecule has 2 N–H and O–H groups in total. The summed E-state index contributed by atoms with van der Waals surface area (Å²) in [6.07, 6.45) is 0.954. The van der Waals surface area contributed by atoms with Gasteiger partial charge in [0.1, 0.15) is 0 Å². The molecule has 29 heavy (non-hydrogen) atoms. The molecule has 0 unspecified atom stereocenters. The summed E-state index contributed by atoms with van der Waals surface area (Å²) in [6, 6.07) is 22.5. The van der Waals surface area contributed by atoms with Crippen LogP contribution in [0.3, 0.4) is 0 Å². The Kier molecular flexibility index (Phi) is 6.34. The molecule has 5 nitrogen and oxygen atoms in total. The van der Waals surface area contributed by atoms with Crippen LogP contribution in [0.2, 0.25) is 0 Å². The number of nitrogens with one attached hydrogen (secondary N) is 2. The van der Waals surface area contributed by atoms with E-state index < -0.39 is 10.0 Å². The Morgan fingerprint density at radius 3 is 2.17 bits per heavy atom. The van der Waals surface area contributed by atoms with Crippen LogP contribution >= 0.6 is 0 Å². The van der Waals surface area contributed by atoms with E-state index in [2.05, 4.69) is 17.0 Å². The molecule has 0 aliphatic carbocycles. The number of anilines is 1. The number of hydrogen-bond donors (Lipinski definition) is 2. The largest absolute Gasteiger partial charge is 0.345 e. The van der Waals surface area contributed by atoms with E-state index in [1.807, 2.05) is 31.2 Å². The number of carbonyl (C=O) groups is 1. The van der Waals surface area contributed by atoms with E-state index in [-0.39, 0.29) is 28.1 Å². The first-order valence-corrected chi connectivity index (χ1v) is 11.0. The normalized spacial score (nSPS) is 12.2. The number of para-hydroxylation sites is 1. The van der Waals surface area contributed by atoms with Crippen molar-refractivity contribution in [2.24, 2.45) is 0 Å². The van der Waals surface area contributed by atoms with E-state index in [1.54, 1.807) is 42.5 Å². The molecule has 0 saturated heterocycles. The molecule has 0 aliphatic heterocycles. The van der Waals surface area contributed by atoms with Crippen LogP contribution in [0, 0.1) is 0 Å². The maximum atomic E-state index is 12.8. The molecule has 6 heteroatoms. The zero-order valence-corrected chi connectivity index (χ0v) is 17.2. The van der Waals surface area contributed by atoms with Gasteiger partial charge in [-0.3, -0.25) is 9.52 Å². The number of hydrogen-bond acceptors (Lipinski definition) is 3. The first-order valence-electron chi connectivity index (χ1n) is 9.47. The fourth-order valence-corrected chi connectivity index (χ4v) is 4.07.